The number of benzene rings is 1. The molecule has 0 saturated carbocycles. The highest BCUT2D eigenvalue weighted by Crippen LogP contribution is 2.24. The number of rotatable bonds is 3. The van der Waals surface area contributed by atoms with Crippen molar-refractivity contribution in [1.29, 1.82) is 0 Å². The van der Waals surface area contributed by atoms with Gasteiger partial charge in [-0.2, -0.15) is 0 Å². The molecule has 0 spiro atoms. The summed E-state index contributed by atoms with van der Waals surface area (Å²) in [5.41, 5.74) is 0.736. The average molecular weight is 404 g/mol. The maximum absolute atomic E-state index is 11.9. The van der Waals surface area contributed by atoms with Crippen LogP contribution in [0.5, 0.6) is 0 Å². The van der Waals surface area contributed by atoms with E-state index in [1.807, 2.05) is 39.0 Å². The van der Waals surface area contributed by atoms with E-state index in [4.69, 9.17) is 16.3 Å². The zero-order chi connectivity index (χ0) is 17.0. The molecule has 23 heavy (non-hydrogen) atoms. The molecule has 1 atom stereocenters. The first-order chi connectivity index (χ1) is 10.7. The highest BCUT2D eigenvalue weighted by molar-refractivity contribution is 9.10. The van der Waals surface area contributed by atoms with Crippen LogP contribution in [0.1, 0.15) is 39.2 Å². The van der Waals surface area contributed by atoms with Crippen molar-refractivity contribution in [2.24, 2.45) is 0 Å². The van der Waals surface area contributed by atoms with Crippen LogP contribution >= 0.6 is 27.5 Å². The fourth-order valence-electron chi connectivity index (χ4n) is 2.68. The predicted molar refractivity (Wildman–Crippen MR) is 96.8 cm³/mol. The number of nitrogens with zero attached hydrogens (tertiary/aromatic N) is 1. The lowest BCUT2D eigenvalue weighted by Crippen LogP contribution is -2.48. The predicted octanol–water partition coefficient (Wildman–Crippen LogP) is 4.59. The topological polar surface area (TPSA) is 41.6 Å². The van der Waals surface area contributed by atoms with Crippen molar-refractivity contribution in [3.63, 3.8) is 0 Å². The smallest absolute Gasteiger partial charge is 0.407 e. The molecule has 1 aromatic rings. The van der Waals surface area contributed by atoms with Crippen LogP contribution in [0.25, 0.3) is 0 Å². The van der Waals surface area contributed by atoms with E-state index in [0.717, 1.165) is 42.0 Å². The lowest BCUT2D eigenvalue weighted by Gasteiger charge is -2.33. The number of carbonyl (C=O) groups is 1. The van der Waals surface area contributed by atoms with Crippen LogP contribution < -0.4 is 5.32 Å². The minimum atomic E-state index is -0.466. The number of carbonyl (C=O) groups excluding carboxylic acids is 1. The molecule has 1 N–H and O–H groups in total. The van der Waals surface area contributed by atoms with Gasteiger partial charge in [-0.25, -0.2) is 4.79 Å². The summed E-state index contributed by atoms with van der Waals surface area (Å²) in [5.74, 6) is 0. The molecule has 6 heteroatoms. The summed E-state index contributed by atoms with van der Waals surface area (Å²) >= 11 is 9.55. The first kappa shape index (κ1) is 18.6. The van der Waals surface area contributed by atoms with E-state index in [-0.39, 0.29) is 12.1 Å². The van der Waals surface area contributed by atoms with Crippen molar-refractivity contribution in [2.45, 2.75) is 51.8 Å². The number of halogens is 2. The minimum absolute atomic E-state index is 0.129. The first-order valence-electron chi connectivity index (χ1n) is 7.89. The molecule has 1 aromatic carbocycles. The van der Waals surface area contributed by atoms with Crippen LogP contribution in [0.3, 0.4) is 0 Å². The summed E-state index contributed by atoms with van der Waals surface area (Å²) in [6.45, 7) is 8.31. The molecule has 1 heterocycles. The van der Waals surface area contributed by atoms with Crippen molar-refractivity contribution < 1.29 is 9.53 Å². The van der Waals surface area contributed by atoms with Crippen LogP contribution in [-0.2, 0) is 11.3 Å². The third kappa shape index (κ3) is 6.32. The zero-order valence-electron chi connectivity index (χ0n) is 13.9. The van der Waals surface area contributed by atoms with Gasteiger partial charge in [-0.05, 0) is 57.9 Å². The summed E-state index contributed by atoms with van der Waals surface area (Å²) in [6.07, 6.45) is 1.71. The number of nitrogens with one attached hydrogen (secondary N) is 1. The van der Waals surface area contributed by atoms with E-state index in [0.29, 0.717) is 0 Å². The Morgan fingerprint density at radius 3 is 2.87 bits per heavy atom. The van der Waals surface area contributed by atoms with Gasteiger partial charge in [0.25, 0.3) is 0 Å². The van der Waals surface area contributed by atoms with Crippen molar-refractivity contribution >= 4 is 33.6 Å². The summed E-state index contributed by atoms with van der Waals surface area (Å²) in [5, 5.41) is 3.70. The number of alkyl carbamates (subject to hydrolysis) is 1. The molecule has 1 aliphatic heterocycles. The van der Waals surface area contributed by atoms with Crippen molar-refractivity contribution in [1.82, 2.24) is 10.2 Å². The van der Waals surface area contributed by atoms with Gasteiger partial charge in [0.2, 0.25) is 0 Å². The maximum atomic E-state index is 11.9. The molecule has 1 amide bonds. The van der Waals surface area contributed by atoms with Crippen molar-refractivity contribution in [3.05, 3.63) is 33.3 Å². The van der Waals surface area contributed by atoms with Gasteiger partial charge >= 0.3 is 6.09 Å². The monoisotopic (exact) mass is 402 g/mol. The van der Waals surface area contributed by atoms with Crippen LogP contribution in [0.15, 0.2) is 22.7 Å². The lowest BCUT2D eigenvalue weighted by atomic mass is 10.0. The van der Waals surface area contributed by atoms with Gasteiger partial charge < -0.3 is 10.1 Å². The third-order valence-corrected chi connectivity index (χ3v) is 4.61. The second kappa shape index (κ2) is 7.86. The number of hydrogen-bond donors (Lipinski definition) is 1. The number of amides is 1. The Morgan fingerprint density at radius 1 is 1.48 bits per heavy atom. The molecule has 0 aromatic heterocycles. The molecule has 128 valence electrons. The molecular weight excluding hydrogens is 380 g/mol. The fraction of sp³-hybridized carbons (Fsp3) is 0.588. The molecule has 1 saturated heterocycles. The average Bonchev–Trinajstić information content (AvgIpc) is 2.40. The fourth-order valence-corrected chi connectivity index (χ4v) is 3.49. The van der Waals surface area contributed by atoms with Gasteiger partial charge in [0, 0.05) is 28.6 Å². The van der Waals surface area contributed by atoms with E-state index in [1.165, 1.54) is 5.56 Å². The van der Waals surface area contributed by atoms with E-state index in [9.17, 15) is 4.79 Å². The summed E-state index contributed by atoms with van der Waals surface area (Å²) < 4.78 is 6.36. The number of ether oxygens (including phenoxy) is 1. The standard InChI is InChI=1S/C17H24BrClN2O2/c1-17(2,3)23-16(22)20-14-5-4-8-21(11-14)10-12-6-7-13(19)9-15(12)18/h6-7,9,14H,4-5,8,10-11H2,1-3H3,(H,20,22)/t14-/m1/s1. The lowest BCUT2D eigenvalue weighted by molar-refractivity contribution is 0.0470. The highest BCUT2D eigenvalue weighted by atomic mass is 79.9. The van der Waals surface area contributed by atoms with E-state index in [1.54, 1.807) is 0 Å². The van der Waals surface area contributed by atoms with Gasteiger partial charge in [0.05, 0.1) is 0 Å². The number of hydrogen-bond acceptors (Lipinski definition) is 3. The van der Waals surface area contributed by atoms with E-state index in [2.05, 4.69) is 26.1 Å². The molecule has 4 nitrogen and oxygen atoms in total. The summed E-state index contributed by atoms with van der Waals surface area (Å²) in [4.78, 5) is 14.3. The highest BCUT2D eigenvalue weighted by Gasteiger charge is 2.24. The molecule has 0 radical (unpaired) electrons. The van der Waals surface area contributed by atoms with E-state index >= 15 is 0 Å². The molecule has 0 bridgehead atoms. The normalized spacial score (nSPS) is 19.4. The largest absolute Gasteiger partial charge is 0.444 e. The molecule has 1 aliphatic rings. The third-order valence-electron chi connectivity index (χ3n) is 3.64. The van der Waals surface area contributed by atoms with Crippen molar-refractivity contribution in [2.75, 3.05) is 13.1 Å². The van der Waals surface area contributed by atoms with Gasteiger partial charge in [0.1, 0.15) is 5.60 Å². The van der Waals surface area contributed by atoms with Gasteiger partial charge in [-0.3, -0.25) is 4.90 Å². The van der Waals surface area contributed by atoms with Gasteiger partial charge in [0.15, 0.2) is 0 Å². The molecule has 0 aliphatic carbocycles. The molecule has 0 unspecified atom stereocenters. The first-order valence-corrected chi connectivity index (χ1v) is 9.06. The Balaban J connectivity index is 1.89. The Morgan fingerprint density at radius 2 is 2.22 bits per heavy atom. The summed E-state index contributed by atoms with van der Waals surface area (Å²) in [6, 6.07) is 5.99. The van der Waals surface area contributed by atoms with Gasteiger partial charge in [-0.1, -0.05) is 33.6 Å². The van der Waals surface area contributed by atoms with Crippen LogP contribution in [0, 0.1) is 0 Å². The van der Waals surface area contributed by atoms with Crippen LogP contribution in [0.2, 0.25) is 5.02 Å². The van der Waals surface area contributed by atoms with E-state index < -0.39 is 5.60 Å². The molecule has 1 fully saturated rings. The second-order valence-electron chi connectivity index (χ2n) is 6.96. The zero-order valence-corrected chi connectivity index (χ0v) is 16.2. The van der Waals surface area contributed by atoms with Crippen molar-refractivity contribution in [3.8, 4) is 0 Å². The Labute approximate surface area is 151 Å². The van der Waals surface area contributed by atoms with Gasteiger partial charge in [-0.15, -0.1) is 0 Å². The number of likely N-dealkylation sites (tertiary alicyclic amines) is 1. The molecule has 2 rings (SSSR count). The van der Waals surface area contributed by atoms with Crippen LogP contribution in [-0.4, -0.2) is 35.7 Å². The number of piperidine rings is 1. The molecular formula is C17H24BrClN2O2. The SMILES string of the molecule is CC(C)(C)OC(=O)N[C@@H]1CCCN(Cc2ccc(Cl)cc2Br)C1. The quantitative estimate of drug-likeness (QED) is 0.802. The summed E-state index contributed by atoms with van der Waals surface area (Å²) in [7, 11) is 0. The van der Waals surface area contributed by atoms with Crippen LogP contribution in [0.4, 0.5) is 4.79 Å². The second-order valence-corrected chi connectivity index (χ2v) is 8.25. The maximum Gasteiger partial charge on any atom is 0.407 e. The Kier molecular flexibility index (Phi) is 6.34. The Hall–Kier alpha value is -0.780. The minimum Gasteiger partial charge on any atom is -0.444 e. The Bertz CT molecular complexity index is 560.